The first-order chi connectivity index (χ1) is 11.4. The number of rotatable bonds is 3. The van der Waals surface area contributed by atoms with Gasteiger partial charge in [-0.05, 0) is 24.6 Å². The first-order valence-electron chi connectivity index (χ1n) is 7.90. The highest BCUT2D eigenvalue weighted by atomic mass is 19.4. The maximum Gasteiger partial charge on any atom is 0.416 e. The molecule has 0 saturated carbocycles. The Morgan fingerprint density at radius 2 is 1.75 bits per heavy atom. The molecule has 1 saturated heterocycles. The third-order valence-electron chi connectivity index (χ3n) is 4.37. The number of hydrogen-bond donors (Lipinski definition) is 0. The van der Waals surface area contributed by atoms with Gasteiger partial charge < -0.3 is 4.74 Å². The van der Waals surface area contributed by atoms with E-state index in [2.05, 4.69) is 16.8 Å². The summed E-state index contributed by atoms with van der Waals surface area (Å²) in [5, 5.41) is 0. The zero-order valence-electron chi connectivity index (χ0n) is 13.4. The van der Waals surface area contributed by atoms with Crippen LogP contribution in [0.1, 0.15) is 24.1 Å². The SMILES string of the molecule is CC(c1ccc(-c2cc(C(F)(F)F)ccn2)cc1)N1CCOCC1. The van der Waals surface area contributed by atoms with Crippen LogP contribution in [0, 0.1) is 0 Å². The molecule has 0 spiro atoms. The van der Waals surface area contributed by atoms with Gasteiger partial charge in [0.2, 0.25) is 0 Å². The summed E-state index contributed by atoms with van der Waals surface area (Å²) in [5.41, 5.74) is 1.46. The highest BCUT2D eigenvalue weighted by molar-refractivity contribution is 5.60. The summed E-state index contributed by atoms with van der Waals surface area (Å²) in [5.74, 6) is 0. The molecule has 1 aromatic heterocycles. The number of halogens is 3. The van der Waals surface area contributed by atoms with E-state index in [4.69, 9.17) is 4.74 Å². The summed E-state index contributed by atoms with van der Waals surface area (Å²) >= 11 is 0. The van der Waals surface area contributed by atoms with E-state index >= 15 is 0 Å². The second kappa shape index (κ2) is 6.91. The van der Waals surface area contributed by atoms with Crippen LogP contribution in [0.25, 0.3) is 11.3 Å². The molecule has 1 aliphatic heterocycles. The van der Waals surface area contributed by atoms with E-state index in [0.717, 1.165) is 44.0 Å². The molecule has 2 heterocycles. The van der Waals surface area contributed by atoms with Crippen LogP contribution in [0.5, 0.6) is 0 Å². The van der Waals surface area contributed by atoms with Crippen molar-refractivity contribution in [3.8, 4) is 11.3 Å². The quantitative estimate of drug-likeness (QED) is 0.841. The molecule has 0 amide bonds. The van der Waals surface area contributed by atoms with Gasteiger partial charge in [-0.1, -0.05) is 24.3 Å². The lowest BCUT2D eigenvalue weighted by molar-refractivity contribution is -0.137. The van der Waals surface area contributed by atoms with E-state index in [1.807, 2.05) is 24.3 Å². The predicted octanol–water partition coefficient (Wildman–Crippen LogP) is 4.16. The molecule has 3 rings (SSSR count). The van der Waals surface area contributed by atoms with Crippen LogP contribution in [-0.4, -0.2) is 36.2 Å². The Hall–Kier alpha value is -1.92. The highest BCUT2D eigenvalue weighted by Crippen LogP contribution is 2.31. The molecular formula is C18H19F3N2O. The number of benzene rings is 1. The first kappa shape index (κ1) is 16.9. The van der Waals surface area contributed by atoms with Gasteiger partial charge in [0.1, 0.15) is 0 Å². The second-order valence-electron chi connectivity index (χ2n) is 5.87. The van der Waals surface area contributed by atoms with E-state index in [0.29, 0.717) is 11.3 Å². The van der Waals surface area contributed by atoms with Crippen molar-refractivity contribution in [3.05, 3.63) is 53.7 Å². The Bertz CT molecular complexity index is 679. The maximum atomic E-state index is 12.8. The van der Waals surface area contributed by atoms with Crippen LogP contribution in [0.15, 0.2) is 42.6 Å². The van der Waals surface area contributed by atoms with E-state index < -0.39 is 11.7 Å². The normalized spacial score (nSPS) is 17.7. The standard InChI is InChI=1S/C18H19F3N2O/c1-13(23-8-10-24-11-9-23)14-2-4-15(5-3-14)17-12-16(6-7-22-17)18(19,20)21/h2-7,12-13H,8-11H2,1H3. The average Bonchev–Trinajstić information content (AvgIpc) is 2.61. The Morgan fingerprint density at radius 1 is 1.08 bits per heavy atom. The van der Waals surface area contributed by atoms with Crippen molar-refractivity contribution in [1.29, 1.82) is 0 Å². The third-order valence-corrected chi connectivity index (χ3v) is 4.37. The highest BCUT2D eigenvalue weighted by Gasteiger charge is 2.30. The van der Waals surface area contributed by atoms with Crippen molar-refractivity contribution < 1.29 is 17.9 Å². The molecule has 1 fully saturated rings. The minimum atomic E-state index is -4.36. The number of alkyl halides is 3. The molecular weight excluding hydrogens is 317 g/mol. The van der Waals surface area contributed by atoms with Gasteiger partial charge in [0, 0.05) is 30.9 Å². The summed E-state index contributed by atoms with van der Waals surface area (Å²) in [6.07, 6.45) is -3.16. The summed E-state index contributed by atoms with van der Waals surface area (Å²) in [6.45, 7) is 5.37. The molecule has 6 heteroatoms. The van der Waals surface area contributed by atoms with E-state index in [1.165, 1.54) is 6.20 Å². The van der Waals surface area contributed by atoms with Crippen molar-refractivity contribution in [3.63, 3.8) is 0 Å². The molecule has 128 valence electrons. The molecule has 0 radical (unpaired) electrons. The second-order valence-corrected chi connectivity index (χ2v) is 5.87. The van der Waals surface area contributed by atoms with Crippen LogP contribution < -0.4 is 0 Å². The Balaban J connectivity index is 1.79. The molecule has 1 aromatic carbocycles. The molecule has 3 nitrogen and oxygen atoms in total. The fourth-order valence-electron chi connectivity index (χ4n) is 2.87. The van der Waals surface area contributed by atoms with Crippen LogP contribution >= 0.6 is 0 Å². The molecule has 0 aliphatic carbocycles. The smallest absolute Gasteiger partial charge is 0.379 e. The molecule has 1 aliphatic rings. The number of hydrogen-bond acceptors (Lipinski definition) is 3. The van der Waals surface area contributed by atoms with Gasteiger partial charge in [0.15, 0.2) is 0 Å². The van der Waals surface area contributed by atoms with Crippen LogP contribution in [0.3, 0.4) is 0 Å². The zero-order valence-corrected chi connectivity index (χ0v) is 13.4. The van der Waals surface area contributed by atoms with Crippen molar-refractivity contribution in [2.24, 2.45) is 0 Å². The van der Waals surface area contributed by atoms with Gasteiger partial charge in [0.05, 0.1) is 24.5 Å². The topological polar surface area (TPSA) is 25.4 Å². The largest absolute Gasteiger partial charge is 0.416 e. The van der Waals surface area contributed by atoms with E-state index in [1.54, 1.807) is 0 Å². The fourth-order valence-corrected chi connectivity index (χ4v) is 2.87. The van der Waals surface area contributed by atoms with Crippen LogP contribution in [0.2, 0.25) is 0 Å². The number of aromatic nitrogens is 1. The minimum Gasteiger partial charge on any atom is -0.379 e. The Labute approximate surface area is 139 Å². The van der Waals surface area contributed by atoms with E-state index in [-0.39, 0.29) is 6.04 Å². The van der Waals surface area contributed by atoms with Crippen LogP contribution in [0.4, 0.5) is 13.2 Å². The first-order valence-corrected chi connectivity index (χ1v) is 7.90. The van der Waals surface area contributed by atoms with Crippen molar-refractivity contribution in [2.45, 2.75) is 19.1 Å². The monoisotopic (exact) mass is 336 g/mol. The number of nitrogens with zero attached hydrogens (tertiary/aromatic N) is 2. The fraction of sp³-hybridized carbons (Fsp3) is 0.389. The summed E-state index contributed by atoms with van der Waals surface area (Å²) in [4.78, 5) is 6.39. The van der Waals surface area contributed by atoms with Crippen molar-refractivity contribution in [1.82, 2.24) is 9.88 Å². The zero-order chi connectivity index (χ0) is 17.2. The Kier molecular flexibility index (Phi) is 4.87. The predicted molar refractivity (Wildman–Crippen MR) is 85.5 cm³/mol. The summed E-state index contributed by atoms with van der Waals surface area (Å²) < 4.78 is 43.8. The van der Waals surface area contributed by atoms with E-state index in [9.17, 15) is 13.2 Å². The van der Waals surface area contributed by atoms with Gasteiger partial charge in [-0.25, -0.2) is 0 Å². The maximum absolute atomic E-state index is 12.8. The molecule has 24 heavy (non-hydrogen) atoms. The lowest BCUT2D eigenvalue weighted by Crippen LogP contribution is -2.37. The molecule has 0 bridgehead atoms. The van der Waals surface area contributed by atoms with Gasteiger partial charge in [-0.3, -0.25) is 9.88 Å². The molecule has 0 N–H and O–H groups in total. The van der Waals surface area contributed by atoms with Crippen LogP contribution in [-0.2, 0) is 10.9 Å². The minimum absolute atomic E-state index is 0.248. The number of ether oxygens (including phenoxy) is 1. The van der Waals surface area contributed by atoms with Crippen molar-refractivity contribution in [2.75, 3.05) is 26.3 Å². The molecule has 1 unspecified atom stereocenters. The number of pyridine rings is 1. The van der Waals surface area contributed by atoms with Gasteiger partial charge >= 0.3 is 6.18 Å². The molecule has 1 atom stereocenters. The van der Waals surface area contributed by atoms with Gasteiger partial charge in [0.25, 0.3) is 0 Å². The molecule has 2 aromatic rings. The van der Waals surface area contributed by atoms with Gasteiger partial charge in [-0.15, -0.1) is 0 Å². The Morgan fingerprint density at radius 3 is 2.38 bits per heavy atom. The lowest BCUT2D eigenvalue weighted by atomic mass is 10.0. The number of morpholine rings is 1. The van der Waals surface area contributed by atoms with Gasteiger partial charge in [-0.2, -0.15) is 13.2 Å². The van der Waals surface area contributed by atoms with Crippen molar-refractivity contribution >= 4 is 0 Å². The summed E-state index contributed by atoms with van der Waals surface area (Å²) in [6, 6.07) is 9.88. The summed E-state index contributed by atoms with van der Waals surface area (Å²) in [7, 11) is 0. The third kappa shape index (κ3) is 3.76. The average molecular weight is 336 g/mol. The lowest BCUT2D eigenvalue weighted by Gasteiger charge is -2.32.